The van der Waals surface area contributed by atoms with Crippen molar-refractivity contribution in [1.29, 1.82) is 0 Å². The summed E-state index contributed by atoms with van der Waals surface area (Å²) in [6, 6.07) is 11.6. The number of nitrogens with two attached hydrogens (primary N) is 1. The van der Waals surface area contributed by atoms with Gasteiger partial charge in [0.1, 0.15) is 0 Å². The summed E-state index contributed by atoms with van der Waals surface area (Å²) in [6.07, 6.45) is 0. The molecule has 3 aromatic rings. The molecule has 0 saturated carbocycles. The number of fused-ring (bicyclic) bond motifs is 1. The molecule has 3 nitrogen and oxygen atoms in total. The SMILES string of the molecule is Cc1ccc2nc(Sc3cc(Cl)ccc3N)[nH]c2c1. The Hall–Kier alpha value is -1.65. The average Bonchev–Trinajstić information content (AvgIpc) is 2.75. The largest absolute Gasteiger partial charge is 0.398 e. The highest BCUT2D eigenvalue weighted by Gasteiger charge is 2.07. The number of H-pyrrole nitrogens is 1. The van der Waals surface area contributed by atoms with Crippen LogP contribution in [-0.2, 0) is 0 Å². The molecule has 0 amide bonds. The predicted molar refractivity (Wildman–Crippen MR) is 80.8 cm³/mol. The number of hydrogen-bond donors (Lipinski definition) is 2. The normalized spacial score (nSPS) is 11.1. The maximum atomic E-state index is 5.98. The number of aryl methyl sites for hydroxylation is 1. The first kappa shape index (κ1) is 12.4. The number of halogens is 1. The number of hydrogen-bond acceptors (Lipinski definition) is 3. The summed E-state index contributed by atoms with van der Waals surface area (Å²) in [5.74, 6) is 0. The number of imidazole rings is 1. The Kier molecular flexibility index (Phi) is 3.12. The van der Waals surface area contributed by atoms with E-state index >= 15 is 0 Å². The highest BCUT2D eigenvalue weighted by atomic mass is 35.5. The summed E-state index contributed by atoms with van der Waals surface area (Å²) in [5, 5.41) is 1.48. The zero-order chi connectivity index (χ0) is 13.4. The number of rotatable bonds is 2. The van der Waals surface area contributed by atoms with E-state index in [1.54, 1.807) is 12.1 Å². The van der Waals surface area contributed by atoms with Gasteiger partial charge in [-0.15, -0.1) is 0 Å². The van der Waals surface area contributed by atoms with Gasteiger partial charge in [0.2, 0.25) is 0 Å². The van der Waals surface area contributed by atoms with Crippen LogP contribution in [0.2, 0.25) is 5.02 Å². The maximum Gasteiger partial charge on any atom is 0.171 e. The van der Waals surface area contributed by atoms with Gasteiger partial charge < -0.3 is 10.7 Å². The molecule has 19 heavy (non-hydrogen) atoms. The van der Waals surface area contributed by atoms with Gasteiger partial charge in [0.15, 0.2) is 5.16 Å². The maximum absolute atomic E-state index is 5.98. The molecule has 0 aliphatic heterocycles. The number of aromatic nitrogens is 2. The molecule has 0 radical (unpaired) electrons. The van der Waals surface area contributed by atoms with Crippen LogP contribution in [0.3, 0.4) is 0 Å². The minimum absolute atomic E-state index is 0.670. The summed E-state index contributed by atoms with van der Waals surface area (Å²) < 4.78 is 0. The third-order valence-corrected chi connectivity index (χ3v) is 3.99. The zero-order valence-corrected chi connectivity index (χ0v) is 11.8. The van der Waals surface area contributed by atoms with Gasteiger partial charge in [0.05, 0.1) is 11.0 Å². The van der Waals surface area contributed by atoms with Gasteiger partial charge in [-0.2, -0.15) is 0 Å². The molecule has 0 aliphatic carbocycles. The van der Waals surface area contributed by atoms with E-state index in [9.17, 15) is 0 Å². The quantitative estimate of drug-likeness (QED) is 0.693. The molecule has 0 unspecified atom stereocenters. The Morgan fingerprint density at radius 2 is 2.05 bits per heavy atom. The summed E-state index contributed by atoms with van der Waals surface area (Å²) in [7, 11) is 0. The van der Waals surface area contributed by atoms with Crippen molar-refractivity contribution < 1.29 is 0 Å². The molecule has 0 spiro atoms. The number of nitrogens with one attached hydrogen (secondary N) is 1. The summed E-state index contributed by atoms with van der Waals surface area (Å²) in [5.41, 5.74) is 9.82. The molecule has 0 fully saturated rings. The minimum atomic E-state index is 0.670. The van der Waals surface area contributed by atoms with Crippen molar-refractivity contribution in [2.24, 2.45) is 0 Å². The lowest BCUT2D eigenvalue weighted by atomic mass is 10.2. The molecule has 0 bridgehead atoms. The van der Waals surface area contributed by atoms with Crippen molar-refractivity contribution in [3.05, 3.63) is 47.0 Å². The van der Waals surface area contributed by atoms with E-state index in [0.717, 1.165) is 21.1 Å². The van der Waals surface area contributed by atoms with Crippen LogP contribution in [-0.4, -0.2) is 9.97 Å². The lowest BCUT2D eigenvalue weighted by Gasteiger charge is -2.02. The van der Waals surface area contributed by atoms with E-state index in [1.807, 2.05) is 18.2 Å². The Morgan fingerprint density at radius 3 is 2.89 bits per heavy atom. The minimum Gasteiger partial charge on any atom is -0.398 e. The van der Waals surface area contributed by atoms with Crippen LogP contribution < -0.4 is 5.73 Å². The Bertz CT molecular complexity index is 752. The molecule has 5 heteroatoms. The first-order valence-electron chi connectivity index (χ1n) is 5.81. The van der Waals surface area contributed by atoms with E-state index in [0.29, 0.717) is 10.7 Å². The molecule has 3 rings (SSSR count). The average molecular weight is 290 g/mol. The first-order valence-corrected chi connectivity index (χ1v) is 7.00. The second-order valence-electron chi connectivity index (χ2n) is 4.35. The van der Waals surface area contributed by atoms with Crippen molar-refractivity contribution in [3.63, 3.8) is 0 Å². The molecular formula is C14H12ClN3S. The fourth-order valence-electron chi connectivity index (χ4n) is 1.85. The second kappa shape index (κ2) is 4.79. The molecule has 0 aliphatic rings. The molecular weight excluding hydrogens is 278 g/mol. The van der Waals surface area contributed by atoms with Crippen molar-refractivity contribution in [2.75, 3.05) is 5.73 Å². The summed E-state index contributed by atoms with van der Waals surface area (Å²) in [4.78, 5) is 8.72. The predicted octanol–water partition coefficient (Wildman–Crippen LogP) is 4.26. The summed E-state index contributed by atoms with van der Waals surface area (Å²) >= 11 is 7.47. The number of anilines is 1. The molecule has 0 saturated heterocycles. The molecule has 0 atom stereocenters. The van der Waals surface area contributed by atoms with Gasteiger partial charge in [0, 0.05) is 15.6 Å². The van der Waals surface area contributed by atoms with Crippen LogP contribution >= 0.6 is 23.4 Å². The van der Waals surface area contributed by atoms with E-state index in [-0.39, 0.29) is 0 Å². The van der Waals surface area contributed by atoms with Gasteiger partial charge in [-0.25, -0.2) is 4.98 Å². The molecule has 3 N–H and O–H groups in total. The number of nitrogen functional groups attached to an aromatic ring is 1. The highest BCUT2D eigenvalue weighted by molar-refractivity contribution is 7.99. The fraction of sp³-hybridized carbons (Fsp3) is 0.0714. The van der Waals surface area contributed by atoms with Crippen LogP contribution in [0.15, 0.2) is 46.5 Å². The lowest BCUT2D eigenvalue weighted by molar-refractivity contribution is 1.08. The van der Waals surface area contributed by atoms with Crippen molar-refractivity contribution >= 4 is 40.1 Å². The van der Waals surface area contributed by atoms with Crippen LogP contribution in [0.4, 0.5) is 5.69 Å². The second-order valence-corrected chi connectivity index (χ2v) is 5.81. The highest BCUT2D eigenvalue weighted by Crippen LogP contribution is 2.33. The Morgan fingerprint density at radius 1 is 1.21 bits per heavy atom. The van der Waals surface area contributed by atoms with E-state index in [4.69, 9.17) is 17.3 Å². The van der Waals surface area contributed by atoms with Crippen molar-refractivity contribution in [2.45, 2.75) is 17.0 Å². The number of benzene rings is 2. The smallest absolute Gasteiger partial charge is 0.171 e. The molecule has 96 valence electrons. The van der Waals surface area contributed by atoms with Crippen LogP contribution in [0, 0.1) is 6.92 Å². The molecule has 1 heterocycles. The van der Waals surface area contributed by atoms with E-state index in [2.05, 4.69) is 23.0 Å². The van der Waals surface area contributed by atoms with Gasteiger partial charge in [-0.05, 0) is 54.6 Å². The van der Waals surface area contributed by atoms with Crippen LogP contribution in [0.1, 0.15) is 5.56 Å². The molecule has 2 aromatic carbocycles. The third-order valence-electron chi connectivity index (χ3n) is 2.80. The first-order chi connectivity index (χ1) is 9.11. The van der Waals surface area contributed by atoms with E-state index in [1.165, 1.54) is 17.3 Å². The zero-order valence-electron chi connectivity index (χ0n) is 10.3. The monoisotopic (exact) mass is 289 g/mol. The third kappa shape index (κ3) is 2.55. The topological polar surface area (TPSA) is 54.7 Å². The van der Waals surface area contributed by atoms with Crippen molar-refractivity contribution in [3.8, 4) is 0 Å². The van der Waals surface area contributed by atoms with Crippen LogP contribution in [0.25, 0.3) is 11.0 Å². The summed E-state index contributed by atoms with van der Waals surface area (Å²) in [6.45, 7) is 2.06. The lowest BCUT2D eigenvalue weighted by Crippen LogP contribution is -1.88. The van der Waals surface area contributed by atoms with Gasteiger partial charge in [0.25, 0.3) is 0 Å². The number of aromatic amines is 1. The van der Waals surface area contributed by atoms with Crippen LogP contribution in [0.5, 0.6) is 0 Å². The Balaban J connectivity index is 1.98. The van der Waals surface area contributed by atoms with Gasteiger partial charge in [-0.1, -0.05) is 17.7 Å². The fourth-order valence-corrected chi connectivity index (χ4v) is 2.97. The standard InChI is InChI=1S/C14H12ClN3S/c1-8-2-5-11-12(6-8)18-14(17-11)19-13-7-9(15)3-4-10(13)16/h2-7H,16H2,1H3,(H,17,18). The molecule has 1 aromatic heterocycles. The van der Waals surface area contributed by atoms with Crippen molar-refractivity contribution in [1.82, 2.24) is 9.97 Å². The van der Waals surface area contributed by atoms with Gasteiger partial charge >= 0.3 is 0 Å². The Labute approximate surface area is 120 Å². The number of nitrogens with zero attached hydrogens (tertiary/aromatic N) is 1. The van der Waals surface area contributed by atoms with E-state index < -0.39 is 0 Å². The van der Waals surface area contributed by atoms with Gasteiger partial charge in [-0.3, -0.25) is 0 Å².